The highest BCUT2D eigenvalue weighted by Gasteiger charge is 2.52. The van der Waals surface area contributed by atoms with Gasteiger partial charge < -0.3 is 11.1 Å². The fourth-order valence-electron chi connectivity index (χ4n) is 3.36. The molecule has 2 atom stereocenters. The second-order valence-corrected chi connectivity index (χ2v) is 6.73. The lowest BCUT2D eigenvalue weighted by Crippen LogP contribution is -2.56. The predicted molar refractivity (Wildman–Crippen MR) is 83.3 cm³/mol. The third-order valence-electron chi connectivity index (χ3n) is 4.63. The van der Waals surface area contributed by atoms with E-state index in [4.69, 9.17) is 18.0 Å². The summed E-state index contributed by atoms with van der Waals surface area (Å²) in [6.45, 7) is 2.13. The van der Waals surface area contributed by atoms with Gasteiger partial charge in [0.1, 0.15) is 0 Å². The van der Waals surface area contributed by atoms with Gasteiger partial charge >= 0.3 is 0 Å². The summed E-state index contributed by atoms with van der Waals surface area (Å²) in [5.74, 6) is 1.01. The van der Waals surface area contributed by atoms with E-state index < -0.39 is 5.41 Å². The van der Waals surface area contributed by atoms with Crippen LogP contribution in [0.3, 0.4) is 0 Å². The molecule has 2 aliphatic carbocycles. The number of carbonyl (C=O) groups is 1. The van der Waals surface area contributed by atoms with Gasteiger partial charge in [-0.15, -0.1) is 0 Å². The Hall–Kier alpha value is -1.42. The zero-order valence-electron chi connectivity index (χ0n) is 11.6. The molecule has 1 aromatic rings. The Bertz CT molecular complexity index is 537. The maximum absolute atomic E-state index is 12.5. The van der Waals surface area contributed by atoms with Crippen molar-refractivity contribution in [3.8, 4) is 0 Å². The van der Waals surface area contributed by atoms with Crippen LogP contribution in [0.25, 0.3) is 0 Å². The van der Waals surface area contributed by atoms with Crippen LogP contribution in [0.5, 0.6) is 0 Å². The lowest BCUT2D eigenvalue weighted by Gasteiger charge is -2.44. The summed E-state index contributed by atoms with van der Waals surface area (Å²) in [6.07, 6.45) is 2.59. The average molecular weight is 288 g/mol. The Morgan fingerprint density at radius 2 is 2.00 bits per heavy atom. The summed E-state index contributed by atoms with van der Waals surface area (Å²) < 4.78 is 0. The molecule has 0 aliphatic heterocycles. The first kappa shape index (κ1) is 13.6. The smallest absolute Gasteiger partial charge is 0.233 e. The number of nitrogens with one attached hydrogen (secondary N) is 1. The molecular weight excluding hydrogens is 268 g/mol. The zero-order chi connectivity index (χ0) is 14.3. The molecule has 2 fully saturated rings. The lowest BCUT2D eigenvalue weighted by atomic mass is 9.62. The summed E-state index contributed by atoms with van der Waals surface area (Å²) in [5.41, 5.74) is 6.52. The van der Waals surface area contributed by atoms with Crippen molar-refractivity contribution in [1.82, 2.24) is 5.32 Å². The van der Waals surface area contributed by atoms with Gasteiger partial charge in [0.2, 0.25) is 5.91 Å². The van der Waals surface area contributed by atoms with E-state index in [0.29, 0.717) is 16.8 Å². The summed E-state index contributed by atoms with van der Waals surface area (Å²) in [5, 5.41) is 3.14. The normalized spacial score (nSPS) is 35.0. The molecule has 0 spiro atoms. The number of hydrogen-bond donors (Lipinski definition) is 2. The van der Waals surface area contributed by atoms with E-state index in [9.17, 15) is 4.79 Å². The third kappa shape index (κ3) is 2.22. The maximum Gasteiger partial charge on any atom is 0.233 e. The summed E-state index contributed by atoms with van der Waals surface area (Å²) in [4.78, 5) is 12.8. The van der Waals surface area contributed by atoms with E-state index in [-0.39, 0.29) is 11.9 Å². The minimum atomic E-state index is -0.585. The van der Waals surface area contributed by atoms with Gasteiger partial charge in [0.15, 0.2) is 0 Å². The van der Waals surface area contributed by atoms with Crippen molar-refractivity contribution >= 4 is 23.1 Å². The van der Waals surface area contributed by atoms with Crippen molar-refractivity contribution < 1.29 is 4.79 Å². The van der Waals surface area contributed by atoms with Gasteiger partial charge in [-0.2, -0.15) is 0 Å². The van der Waals surface area contributed by atoms with Crippen LogP contribution in [0.2, 0.25) is 0 Å². The second-order valence-electron chi connectivity index (χ2n) is 6.29. The van der Waals surface area contributed by atoms with E-state index in [1.165, 1.54) is 5.56 Å². The third-order valence-corrected chi connectivity index (χ3v) is 5.03. The quantitative estimate of drug-likeness (QED) is 0.836. The molecule has 3 rings (SSSR count). The van der Waals surface area contributed by atoms with Crippen LogP contribution in [0, 0.1) is 11.3 Å². The monoisotopic (exact) mass is 288 g/mol. The summed E-state index contributed by atoms with van der Waals surface area (Å²) in [6, 6.07) is 10.6. The van der Waals surface area contributed by atoms with Gasteiger partial charge in [-0.05, 0) is 30.7 Å². The maximum atomic E-state index is 12.5. The molecule has 2 unspecified atom stereocenters. The van der Waals surface area contributed by atoms with Crippen LogP contribution in [0.4, 0.5) is 0 Å². The highest BCUT2D eigenvalue weighted by atomic mass is 32.1. The van der Waals surface area contributed by atoms with E-state index in [2.05, 4.69) is 24.4 Å². The van der Waals surface area contributed by atoms with Gasteiger partial charge in [0.25, 0.3) is 0 Å². The first-order valence-corrected chi connectivity index (χ1v) is 7.59. The standard InChI is InChI=1S/C16H20N2OS/c1-10-8-16(9-10,14(17)20)15(19)18-13-7-12(13)11-5-3-2-4-6-11/h2-6,10,12-13H,7-9H2,1H3,(H2,17,20)(H,18,19). The number of amides is 1. The zero-order valence-corrected chi connectivity index (χ0v) is 12.5. The molecule has 0 radical (unpaired) electrons. The molecule has 2 aliphatic rings. The SMILES string of the molecule is CC1CC(C(=O)NC2CC2c2ccccc2)(C(N)=S)C1. The van der Waals surface area contributed by atoms with Crippen molar-refractivity contribution in [3.05, 3.63) is 35.9 Å². The Morgan fingerprint density at radius 3 is 2.55 bits per heavy atom. The van der Waals surface area contributed by atoms with Gasteiger partial charge in [0, 0.05) is 12.0 Å². The number of thiocarbonyl (C=S) groups is 1. The predicted octanol–water partition coefficient (Wildman–Crippen LogP) is 2.36. The Labute approximate surface area is 124 Å². The summed E-state index contributed by atoms with van der Waals surface area (Å²) >= 11 is 5.12. The first-order chi connectivity index (χ1) is 9.53. The van der Waals surface area contributed by atoms with Crippen molar-refractivity contribution in [1.29, 1.82) is 0 Å². The van der Waals surface area contributed by atoms with Crippen molar-refractivity contribution in [2.75, 3.05) is 0 Å². The Kier molecular flexibility index (Phi) is 3.28. The van der Waals surface area contributed by atoms with Gasteiger partial charge in [-0.3, -0.25) is 4.79 Å². The molecule has 0 bridgehead atoms. The number of hydrogen-bond acceptors (Lipinski definition) is 2. The average Bonchev–Trinajstić information content (AvgIpc) is 3.14. The molecule has 20 heavy (non-hydrogen) atoms. The fraction of sp³-hybridized carbons (Fsp3) is 0.500. The van der Waals surface area contributed by atoms with E-state index >= 15 is 0 Å². The van der Waals surface area contributed by atoms with Crippen LogP contribution in [-0.2, 0) is 4.79 Å². The van der Waals surface area contributed by atoms with Gasteiger partial charge in [-0.25, -0.2) is 0 Å². The molecule has 0 heterocycles. The largest absolute Gasteiger partial charge is 0.392 e. The van der Waals surface area contributed by atoms with E-state index in [1.54, 1.807) is 0 Å². The molecule has 0 aromatic heterocycles. The van der Waals surface area contributed by atoms with Crippen LogP contribution < -0.4 is 11.1 Å². The Balaban J connectivity index is 1.62. The number of rotatable bonds is 4. The van der Waals surface area contributed by atoms with Gasteiger partial charge in [-0.1, -0.05) is 49.5 Å². The van der Waals surface area contributed by atoms with E-state index in [1.807, 2.05) is 18.2 Å². The molecule has 3 N–H and O–H groups in total. The first-order valence-electron chi connectivity index (χ1n) is 7.19. The number of benzene rings is 1. The lowest BCUT2D eigenvalue weighted by molar-refractivity contribution is -0.133. The molecule has 0 saturated heterocycles. The minimum absolute atomic E-state index is 0.0338. The van der Waals surface area contributed by atoms with Gasteiger partial charge in [0.05, 0.1) is 10.4 Å². The molecule has 3 nitrogen and oxygen atoms in total. The fourth-order valence-corrected chi connectivity index (χ4v) is 3.62. The highest BCUT2D eigenvalue weighted by molar-refractivity contribution is 7.80. The molecule has 106 valence electrons. The number of nitrogens with two attached hydrogens (primary N) is 1. The minimum Gasteiger partial charge on any atom is -0.392 e. The van der Waals surface area contributed by atoms with Crippen LogP contribution in [0.1, 0.15) is 37.7 Å². The van der Waals surface area contributed by atoms with Crippen molar-refractivity contribution in [3.63, 3.8) is 0 Å². The summed E-state index contributed by atoms with van der Waals surface area (Å²) in [7, 11) is 0. The van der Waals surface area contributed by atoms with E-state index in [0.717, 1.165) is 19.3 Å². The molecular formula is C16H20N2OS. The molecule has 1 amide bonds. The molecule has 4 heteroatoms. The molecule has 1 aromatic carbocycles. The highest BCUT2D eigenvalue weighted by Crippen LogP contribution is 2.47. The van der Waals surface area contributed by atoms with Crippen LogP contribution in [0.15, 0.2) is 30.3 Å². The van der Waals surface area contributed by atoms with Crippen molar-refractivity contribution in [2.24, 2.45) is 17.1 Å². The Morgan fingerprint density at radius 1 is 1.35 bits per heavy atom. The topological polar surface area (TPSA) is 55.1 Å². The van der Waals surface area contributed by atoms with Crippen LogP contribution in [-0.4, -0.2) is 16.9 Å². The van der Waals surface area contributed by atoms with Crippen LogP contribution >= 0.6 is 12.2 Å². The van der Waals surface area contributed by atoms with Crippen molar-refractivity contribution in [2.45, 2.75) is 38.1 Å². The number of carbonyl (C=O) groups excluding carboxylic acids is 1. The second kappa shape index (κ2) is 4.85. The molecule has 2 saturated carbocycles.